The molecular formula is C31H27N3O2. The van der Waals surface area contributed by atoms with E-state index in [-0.39, 0.29) is 11.5 Å². The highest BCUT2D eigenvalue weighted by Gasteiger charge is 2.38. The molecule has 0 aliphatic heterocycles. The van der Waals surface area contributed by atoms with Crippen molar-refractivity contribution in [3.05, 3.63) is 81.4 Å². The number of phenolic OH excluding ortho intramolecular Hbond substituents is 2. The number of hydrogen-bond donors (Lipinski definition) is 2. The molecule has 36 heavy (non-hydrogen) atoms. The highest BCUT2D eigenvalue weighted by Crippen LogP contribution is 2.55. The van der Waals surface area contributed by atoms with Gasteiger partial charge in [-0.3, -0.25) is 9.98 Å². The number of phenols is 2. The Labute approximate surface area is 210 Å². The molecule has 0 heterocycles. The van der Waals surface area contributed by atoms with Crippen molar-refractivity contribution in [3.8, 4) is 17.6 Å². The van der Waals surface area contributed by atoms with Crippen molar-refractivity contribution in [2.75, 3.05) is 0 Å². The van der Waals surface area contributed by atoms with Crippen LogP contribution in [0.15, 0.2) is 52.4 Å². The molecule has 3 aromatic carbocycles. The number of aliphatic imine (C=N–C) groups is 2. The second kappa shape index (κ2) is 8.06. The van der Waals surface area contributed by atoms with Gasteiger partial charge >= 0.3 is 0 Å². The molecule has 4 unspecified atom stereocenters. The molecular weight excluding hydrogens is 446 g/mol. The standard InChI is InChI=1S/C31H27N3O2/c32-14-17-1-6-28(33-15-22-10-24-18-2-4-20(8-18)26(24)12-30(22)35)29(7-17)34-16-23-11-25-19-3-5-21(9-19)27(25)13-31(23)36/h1,6-7,10-13,15-16,18-21,35-36H,2-5,8-9H2. The summed E-state index contributed by atoms with van der Waals surface area (Å²) in [7, 11) is 0. The van der Waals surface area contributed by atoms with Crippen LogP contribution in [0.3, 0.4) is 0 Å². The van der Waals surface area contributed by atoms with Crippen LogP contribution >= 0.6 is 0 Å². The van der Waals surface area contributed by atoms with Crippen LogP contribution < -0.4 is 0 Å². The lowest BCUT2D eigenvalue weighted by Crippen LogP contribution is -1.99. The fraction of sp³-hybridized carbons (Fsp3) is 0.323. The van der Waals surface area contributed by atoms with E-state index in [1.165, 1.54) is 60.8 Å². The molecule has 3 aromatic rings. The maximum atomic E-state index is 10.7. The van der Waals surface area contributed by atoms with E-state index in [1.54, 1.807) is 30.6 Å². The third-order valence-electron chi connectivity index (χ3n) is 8.88. The van der Waals surface area contributed by atoms with Crippen LogP contribution in [0.1, 0.15) is 101 Å². The second-order valence-corrected chi connectivity index (χ2v) is 10.8. The number of nitriles is 1. The van der Waals surface area contributed by atoms with E-state index in [0.717, 1.165) is 0 Å². The van der Waals surface area contributed by atoms with Crippen molar-refractivity contribution in [2.24, 2.45) is 9.98 Å². The van der Waals surface area contributed by atoms with Gasteiger partial charge in [-0.25, -0.2) is 0 Å². The second-order valence-electron chi connectivity index (χ2n) is 10.8. The molecule has 5 nitrogen and oxygen atoms in total. The Hall–Kier alpha value is -3.91. The molecule has 0 amide bonds. The van der Waals surface area contributed by atoms with Crippen molar-refractivity contribution in [1.29, 1.82) is 5.26 Å². The first-order valence-corrected chi connectivity index (χ1v) is 12.9. The Bertz CT molecular complexity index is 1510. The fourth-order valence-corrected chi connectivity index (χ4v) is 7.08. The summed E-state index contributed by atoms with van der Waals surface area (Å²) >= 11 is 0. The molecule has 2 fully saturated rings. The molecule has 4 aliphatic carbocycles. The van der Waals surface area contributed by atoms with Crippen molar-refractivity contribution in [2.45, 2.75) is 62.2 Å². The summed E-state index contributed by atoms with van der Waals surface area (Å²) in [6, 6.07) is 15.4. The predicted octanol–water partition coefficient (Wildman–Crippen LogP) is 7.20. The van der Waals surface area contributed by atoms with Crippen molar-refractivity contribution in [3.63, 3.8) is 0 Å². The SMILES string of the molecule is N#Cc1ccc(N=Cc2cc3c(cc2O)C2CCC3C2)c(N=Cc2cc3c(cc2O)C2CCC3C2)c1. The Morgan fingerprint density at radius 2 is 1.14 bits per heavy atom. The Kier molecular flexibility index (Phi) is 4.79. The zero-order valence-electron chi connectivity index (χ0n) is 20.0. The first kappa shape index (κ1) is 21.4. The van der Waals surface area contributed by atoms with Crippen LogP contribution in [0.25, 0.3) is 0 Å². The van der Waals surface area contributed by atoms with Gasteiger partial charge in [-0.15, -0.1) is 0 Å². The van der Waals surface area contributed by atoms with Crippen LogP contribution in [0.5, 0.6) is 11.5 Å². The molecule has 178 valence electrons. The summed E-state index contributed by atoms with van der Waals surface area (Å²) in [6.07, 6.45) is 10.6. The monoisotopic (exact) mass is 473 g/mol. The predicted molar refractivity (Wildman–Crippen MR) is 141 cm³/mol. The van der Waals surface area contributed by atoms with Gasteiger partial charge in [0.15, 0.2) is 0 Å². The van der Waals surface area contributed by atoms with Crippen molar-refractivity contribution in [1.82, 2.24) is 0 Å². The van der Waals surface area contributed by atoms with Gasteiger partial charge in [0.25, 0.3) is 0 Å². The zero-order chi connectivity index (χ0) is 24.4. The maximum absolute atomic E-state index is 10.7. The van der Waals surface area contributed by atoms with Gasteiger partial charge in [-0.1, -0.05) is 0 Å². The number of benzene rings is 3. The first-order chi connectivity index (χ1) is 17.6. The summed E-state index contributed by atoms with van der Waals surface area (Å²) in [5, 5.41) is 30.7. The van der Waals surface area contributed by atoms with Gasteiger partial charge in [0.1, 0.15) is 11.5 Å². The minimum absolute atomic E-state index is 0.240. The van der Waals surface area contributed by atoms with E-state index in [2.05, 4.69) is 28.2 Å². The summed E-state index contributed by atoms with van der Waals surface area (Å²) < 4.78 is 0. The number of aromatic hydroxyl groups is 2. The summed E-state index contributed by atoms with van der Waals surface area (Å²) in [5.41, 5.74) is 8.31. The lowest BCUT2D eigenvalue weighted by Gasteiger charge is -2.16. The zero-order valence-corrected chi connectivity index (χ0v) is 20.0. The lowest BCUT2D eigenvalue weighted by molar-refractivity contribution is 0.472. The summed E-state index contributed by atoms with van der Waals surface area (Å²) in [6.45, 7) is 0. The van der Waals surface area contributed by atoms with Crippen LogP contribution in [-0.4, -0.2) is 22.6 Å². The van der Waals surface area contributed by atoms with Gasteiger partial charge in [0.2, 0.25) is 0 Å². The lowest BCUT2D eigenvalue weighted by atomic mass is 9.90. The fourth-order valence-electron chi connectivity index (χ4n) is 7.08. The molecule has 5 heteroatoms. The topological polar surface area (TPSA) is 89.0 Å². The molecule has 4 atom stereocenters. The number of hydrogen-bond acceptors (Lipinski definition) is 5. The van der Waals surface area contributed by atoms with E-state index in [9.17, 15) is 15.5 Å². The number of nitrogens with zero attached hydrogens (tertiary/aromatic N) is 3. The van der Waals surface area contributed by atoms with Gasteiger partial charge < -0.3 is 10.2 Å². The minimum atomic E-state index is 0.240. The molecule has 7 rings (SSSR count). The average molecular weight is 474 g/mol. The van der Waals surface area contributed by atoms with E-state index in [1.807, 2.05) is 12.1 Å². The first-order valence-electron chi connectivity index (χ1n) is 12.9. The van der Waals surface area contributed by atoms with Gasteiger partial charge in [-0.05, 0) is 127 Å². The molecule has 2 saturated carbocycles. The Balaban J connectivity index is 1.22. The van der Waals surface area contributed by atoms with Crippen molar-refractivity contribution < 1.29 is 10.2 Å². The van der Waals surface area contributed by atoms with E-state index >= 15 is 0 Å². The van der Waals surface area contributed by atoms with Crippen LogP contribution in [0.2, 0.25) is 0 Å². The molecule has 4 bridgehead atoms. The molecule has 0 spiro atoms. The normalized spacial score (nSPS) is 25.1. The third-order valence-corrected chi connectivity index (χ3v) is 8.88. The quantitative estimate of drug-likeness (QED) is 0.393. The molecule has 0 saturated heterocycles. The van der Waals surface area contributed by atoms with Crippen LogP contribution in [0, 0.1) is 11.3 Å². The molecule has 0 radical (unpaired) electrons. The Morgan fingerprint density at radius 3 is 1.64 bits per heavy atom. The van der Waals surface area contributed by atoms with Crippen LogP contribution in [0.4, 0.5) is 11.4 Å². The van der Waals surface area contributed by atoms with Gasteiger partial charge in [0, 0.05) is 23.6 Å². The van der Waals surface area contributed by atoms with E-state index in [0.29, 0.717) is 51.7 Å². The highest BCUT2D eigenvalue weighted by atomic mass is 16.3. The summed E-state index contributed by atoms with van der Waals surface area (Å²) in [5.74, 6) is 2.86. The van der Waals surface area contributed by atoms with E-state index < -0.39 is 0 Å². The largest absolute Gasteiger partial charge is 0.507 e. The van der Waals surface area contributed by atoms with Crippen LogP contribution in [-0.2, 0) is 0 Å². The molecule has 0 aromatic heterocycles. The number of rotatable bonds is 4. The van der Waals surface area contributed by atoms with Gasteiger partial charge in [0.05, 0.1) is 23.0 Å². The highest BCUT2D eigenvalue weighted by molar-refractivity contribution is 5.90. The van der Waals surface area contributed by atoms with E-state index in [4.69, 9.17) is 0 Å². The minimum Gasteiger partial charge on any atom is -0.507 e. The average Bonchev–Trinajstić information content (AvgIpc) is 3.68. The van der Waals surface area contributed by atoms with Gasteiger partial charge in [-0.2, -0.15) is 5.26 Å². The van der Waals surface area contributed by atoms with Crippen molar-refractivity contribution >= 4 is 23.8 Å². The third kappa shape index (κ3) is 3.36. The summed E-state index contributed by atoms with van der Waals surface area (Å²) in [4.78, 5) is 9.30. The Morgan fingerprint density at radius 1 is 0.667 bits per heavy atom. The maximum Gasteiger partial charge on any atom is 0.124 e. The smallest absolute Gasteiger partial charge is 0.124 e. The number of fused-ring (bicyclic) bond motifs is 10. The molecule has 4 aliphatic rings. The molecule has 2 N–H and O–H groups in total.